The van der Waals surface area contributed by atoms with Gasteiger partial charge in [0, 0.05) is 17.3 Å². The summed E-state index contributed by atoms with van der Waals surface area (Å²) in [6, 6.07) is 3.67. The normalized spacial score (nSPS) is 14.9. The molecule has 4 nitrogen and oxygen atoms in total. The van der Waals surface area contributed by atoms with E-state index >= 15 is 0 Å². The number of hydrogen-bond acceptors (Lipinski definition) is 3. The van der Waals surface area contributed by atoms with Crippen LogP contribution in [0.2, 0.25) is 5.15 Å². The Labute approximate surface area is 144 Å². The van der Waals surface area contributed by atoms with Crippen molar-refractivity contribution in [3.63, 3.8) is 0 Å². The molecule has 0 atom stereocenters. The van der Waals surface area contributed by atoms with Crippen LogP contribution >= 0.6 is 11.6 Å². The number of rotatable bonds is 3. The van der Waals surface area contributed by atoms with E-state index in [0.29, 0.717) is 23.4 Å². The monoisotopic (exact) mass is 370 g/mol. The smallest absolute Gasteiger partial charge is 0.340 e. The molecule has 0 unspecified atom stereocenters. The predicted molar refractivity (Wildman–Crippen MR) is 84.7 cm³/mol. The van der Waals surface area contributed by atoms with Crippen LogP contribution in [0.3, 0.4) is 0 Å². The van der Waals surface area contributed by atoms with E-state index < -0.39 is 17.6 Å². The Bertz CT molecular complexity index is 963. The number of fused-ring (bicyclic) bond motifs is 1. The summed E-state index contributed by atoms with van der Waals surface area (Å²) in [5.41, 5.74) is 0.357. The molecule has 1 aromatic carbocycles. The fraction of sp³-hybridized carbons (Fsp3) is 0.250. The molecule has 1 fully saturated rings. The second-order valence-electron chi connectivity index (χ2n) is 5.93. The van der Waals surface area contributed by atoms with Gasteiger partial charge in [0.25, 0.3) is 0 Å². The highest BCUT2D eigenvalue weighted by Gasteiger charge is 2.32. The van der Waals surface area contributed by atoms with Gasteiger partial charge in [-0.25, -0.2) is 9.37 Å². The Hall–Kier alpha value is -2.35. The lowest BCUT2D eigenvalue weighted by atomic mass is 10.2. The molecule has 3 aromatic rings. The molecule has 0 saturated heterocycles. The van der Waals surface area contributed by atoms with E-state index in [4.69, 9.17) is 11.6 Å². The number of benzene rings is 1. The molecule has 1 saturated carbocycles. The quantitative estimate of drug-likeness (QED) is 0.511. The maximum Gasteiger partial charge on any atom is 0.416 e. The summed E-state index contributed by atoms with van der Waals surface area (Å²) in [6.45, 7) is 0. The minimum Gasteiger partial charge on any atom is -0.340 e. The van der Waals surface area contributed by atoms with Crippen LogP contribution in [0.4, 0.5) is 29.1 Å². The van der Waals surface area contributed by atoms with Gasteiger partial charge in [0.05, 0.1) is 11.8 Å². The zero-order chi connectivity index (χ0) is 17.8. The molecule has 2 heterocycles. The first kappa shape index (κ1) is 16.1. The lowest BCUT2D eigenvalue weighted by Crippen LogP contribution is -2.07. The van der Waals surface area contributed by atoms with E-state index in [1.54, 1.807) is 6.20 Å². The average Bonchev–Trinajstić information content (AvgIpc) is 3.26. The van der Waals surface area contributed by atoms with Crippen molar-refractivity contribution in [1.29, 1.82) is 0 Å². The summed E-state index contributed by atoms with van der Waals surface area (Å²) >= 11 is 6.03. The summed E-state index contributed by atoms with van der Waals surface area (Å²) in [5, 5.41) is 7.15. The molecule has 4 rings (SSSR count). The van der Waals surface area contributed by atoms with E-state index in [-0.39, 0.29) is 10.8 Å². The number of nitrogens with one attached hydrogen (secondary N) is 1. The van der Waals surface area contributed by atoms with Crippen molar-refractivity contribution in [2.75, 3.05) is 5.32 Å². The maximum absolute atomic E-state index is 13.6. The van der Waals surface area contributed by atoms with E-state index in [1.165, 1.54) is 10.6 Å². The highest BCUT2D eigenvalue weighted by molar-refractivity contribution is 6.29. The predicted octanol–water partition coefficient (Wildman–Crippen LogP) is 5.16. The van der Waals surface area contributed by atoms with Gasteiger partial charge < -0.3 is 5.32 Å². The Morgan fingerprint density at radius 2 is 1.92 bits per heavy atom. The molecule has 1 N–H and O–H groups in total. The van der Waals surface area contributed by atoms with Gasteiger partial charge in [-0.3, -0.25) is 0 Å². The molecule has 0 bridgehead atoms. The van der Waals surface area contributed by atoms with E-state index in [2.05, 4.69) is 15.4 Å². The van der Waals surface area contributed by atoms with Crippen LogP contribution in [-0.4, -0.2) is 14.6 Å². The number of nitrogens with zero attached hydrogens (tertiary/aromatic N) is 3. The van der Waals surface area contributed by atoms with Gasteiger partial charge in [-0.2, -0.15) is 22.8 Å². The topological polar surface area (TPSA) is 42.2 Å². The highest BCUT2D eigenvalue weighted by atomic mass is 35.5. The molecule has 1 aliphatic rings. The number of halogens is 5. The third-order valence-electron chi connectivity index (χ3n) is 3.98. The van der Waals surface area contributed by atoms with Crippen molar-refractivity contribution < 1.29 is 17.6 Å². The van der Waals surface area contributed by atoms with Gasteiger partial charge in [-0.15, -0.1) is 0 Å². The number of anilines is 2. The van der Waals surface area contributed by atoms with Crippen LogP contribution in [0.5, 0.6) is 0 Å². The number of alkyl halides is 3. The van der Waals surface area contributed by atoms with Crippen molar-refractivity contribution in [3.05, 3.63) is 52.6 Å². The van der Waals surface area contributed by atoms with E-state index in [1.807, 2.05) is 0 Å². The number of hydrogen-bond donors (Lipinski definition) is 1. The minimum absolute atomic E-state index is 0.0561. The highest BCUT2D eigenvalue weighted by Crippen LogP contribution is 2.42. The summed E-state index contributed by atoms with van der Waals surface area (Å²) in [7, 11) is 0. The van der Waals surface area contributed by atoms with Crippen molar-refractivity contribution in [3.8, 4) is 0 Å². The summed E-state index contributed by atoms with van der Waals surface area (Å²) in [4.78, 5) is 4.25. The van der Waals surface area contributed by atoms with Crippen LogP contribution in [0, 0.1) is 5.82 Å². The second-order valence-corrected chi connectivity index (χ2v) is 6.31. The van der Waals surface area contributed by atoms with Crippen LogP contribution in [-0.2, 0) is 6.18 Å². The van der Waals surface area contributed by atoms with Gasteiger partial charge in [0.1, 0.15) is 16.8 Å². The van der Waals surface area contributed by atoms with Crippen LogP contribution < -0.4 is 5.32 Å². The fourth-order valence-electron chi connectivity index (χ4n) is 2.69. The van der Waals surface area contributed by atoms with Gasteiger partial charge in [0.15, 0.2) is 5.65 Å². The van der Waals surface area contributed by atoms with Gasteiger partial charge in [-0.05, 0) is 37.0 Å². The maximum atomic E-state index is 13.6. The molecule has 0 spiro atoms. The fourth-order valence-corrected chi connectivity index (χ4v) is 2.88. The SMILES string of the molecule is Fc1cc(Nc2cc(Cl)nc3c(C4CC4)cnn23)cc(C(F)(F)F)c1. The largest absolute Gasteiger partial charge is 0.416 e. The average molecular weight is 371 g/mol. The molecular formula is C16H11ClF4N4. The molecule has 9 heteroatoms. The molecule has 25 heavy (non-hydrogen) atoms. The number of aromatic nitrogens is 3. The Kier molecular flexibility index (Phi) is 3.61. The third-order valence-corrected chi connectivity index (χ3v) is 4.18. The Morgan fingerprint density at radius 3 is 2.60 bits per heavy atom. The molecule has 0 aliphatic heterocycles. The summed E-state index contributed by atoms with van der Waals surface area (Å²) < 4.78 is 53.6. The lowest BCUT2D eigenvalue weighted by Gasteiger charge is -2.12. The minimum atomic E-state index is -4.64. The third kappa shape index (κ3) is 3.13. The molecular weight excluding hydrogens is 360 g/mol. The summed E-state index contributed by atoms with van der Waals surface area (Å²) in [5.74, 6) is -0.309. The summed E-state index contributed by atoms with van der Waals surface area (Å²) in [6.07, 6.45) is -0.892. The van der Waals surface area contributed by atoms with Gasteiger partial charge in [-0.1, -0.05) is 11.6 Å². The van der Waals surface area contributed by atoms with Gasteiger partial charge >= 0.3 is 6.18 Å². The second kappa shape index (κ2) is 5.59. The Balaban J connectivity index is 1.77. The van der Waals surface area contributed by atoms with Crippen LogP contribution in [0.25, 0.3) is 5.65 Å². The van der Waals surface area contributed by atoms with Crippen LogP contribution in [0.15, 0.2) is 30.5 Å². The van der Waals surface area contributed by atoms with Gasteiger partial charge in [0.2, 0.25) is 0 Å². The van der Waals surface area contributed by atoms with Crippen molar-refractivity contribution >= 4 is 28.8 Å². The van der Waals surface area contributed by atoms with E-state index in [0.717, 1.165) is 30.5 Å². The zero-order valence-electron chi connectivity index (χ0n) is 12.6. The van der Waals surface area contributed by atoms with Crippen molar-refractivity contribution in [2.24, 2.45) is 0 Å². The van der Waals surface area contributed by atoms with E-state index in [9.17, 15) is 17.6 Å². The van der Waals surface area contributed by atoms with Crippen molar-refractivity contribution in [1.82, 2.24) is 14.6 Å². The van der Waals surface area contributed by atoms with Crippen LogP contribution in [0.1, 0.15) is 29.9 Å². The molecule has 0 radical (unpaired) electrons. The molecule has 1 aliphatic carbocycles. The Morgan fingerprint density at radius 1 is 1.16 bits per heavy atom. The zero-order valence-corrected chi connectivity index (χ0v) is 13.4. The first-order chi connectivity index (χ1) is 11.8. The van der Waals surface area contributed by atoms with Crippen molar-refractivity contribution in [2.45, 2.75) is 24.9 Å². The molecule has 0 amide bonds. The first-order valence-corrected chi connectivity index (χ1v) is 7.88. The molecule has 2 aromatic heterocycles. The lowest BCUT2D eigenvalue weighted by molar-refractivity contribution is -0.137. The first-order valence-electron chi connectivity index (χ1n) is 7.50. The standard InChI is InChI=1S/C16H11ClF4N4/c17-13-6-14(25-15(24-13)12(7-22-25)8-1-2-8)23-11-4-9(16(19,20)21)3-10(18)5-11/h3-8,23H,1-2H2. The molecule has 130 valence electrons.